The number of anilines is 1. The Balaban J connectivity index is 2.34. The maximum absolute atomic E-state index is 13.2. The highest BCUT2D eigenvalue weighted by Crippen LogP contribution is 2.37. The van der Waals surface area contributed by atoms with E-state index in [1.807, 2.05) is 0 Å². The van der Waals surface area contributed by atoms with Crippen molar-refractivity contribution in [3.63, 3.8) is 0 Å². The molecule has 1 saturated heterocycles. The highest BCUT2D eigenvalue weighted by Gasteiger charge is 2.26. The van der Waals surface area contributed by atoms with Crippen LogP contribution in [0.15, 0.2) is 16.6 Å². The molecule has 17 heavy (non-hydrogen) atoms. The third kappa shape index (κ3) is 2.75. The highest BCUT2D eigenvalue weighted by molar-refractivity contribution is 9.10. The summed E-state index contributed by atoms with van der Waals surface area (Å²) in [6.07, 6.45) is 1.87. The molecule has 2 rings (SSSR count). The number of benzene rings is 1. The average Bonchev–Trinajstić information content (AvgIpc) is 2.19. The van der Waals surface area contributed by atoms with Crippen molar-refractivity contribution in [1.29, 1.82) is 0 Å². The molecule has 0 amide bonds. The third-order valence-corrected chi connectivity index (χ3v) is 4.08. The van der Waals surface area contributed by atoms with E-state index in [9.17, 15) is 4.39 Å². The second-order valence-corrected chi connectivity index (χ2v) is 5.81. The molecule has 1 aliphatic heterocycles. The van der Waals surface area contributed by atoms with Crippen molar-refractivity contribution in [2.45, 2.75) is 31.8 Å². The number of nitrogens with two attached hydrogens (primary N) is 1. The summed E-state index contributed by atoms with van der Waals surface area (Å²) in [5, 5.41) is 0.444. The fourth-order valence-electron chi connectivity index (χ4n) is 2.35. The van der Waals surface area contributed by atoms with Gasteiger partial charge in [-0.3, -0.25) is 0 Å². The molecule has 1 aliphatic rings. The average molecular weight is 322 g/mol. The minimum absolute atomic E-state index is 0.249. The molecule has 1 fully saturated rings. The van der Waals surface area contributed by atoms with Crippen molar-refractivity contribution in [2.75, 3.05) is 11.4 Å². The lowest BCUT2D eigenvalue weighted by Gasteiger charge is -2.39. The Morgan fingerprint density at radius 3 is 2.82 bits per heavy atom. The van der Waals surface area contributed by atoms with Gasteiger partial charge in [-0.1, -0.05) is 11.6 Å². The van der Waals surface area contributed by atoms with Gasteiger partial charge < -0.3 is 10.6 Å². The molecule has 0 aliphatic carbocycles. The lowest BCUT2D eigenvalue weighted by molar-refractivity contribution is 0.429. The van der Waals surface area contributed by atoms with E-state index >= 15 is 0 Å². The minimum atomic E-state index is -0.327. The van der Waals surface area contributed by atoms with E-state index in [1.54, 1.807) is 0 Å². The summed E-state index contributed by atoms with van der Waals surface area (Å²) < 4.78 is 13.9. The summed E-state index contributed by atoms with van der Waals surface area (Å²) in [5.41, 5.74) is 6.80. The van der Waals surface area contributed by atoms with Gasteiger partial charge in [0.1, 0.15) is 5.82 Å². The van der Waals surface area contributed by atoms with Crippen LogP contribution in [0.3, 0.4) is 0 Å². The predicted molar refractivity (Wildman–Crippen MR) is 73.1 cm³/mol. The first-order valence-electron chi connectivity index (χ1n) is 5.66. The number of hydrogen-bond donors (Lipinski definition) is 1. The Morgan fingerprint density at radius 2 is 2.24 bits per heavy atom. The molecule has 1 aromatic rings. The Bertz CT molecular complexity index is 404. The standard InChI is InChI=1S/C12H15BrClFN2/c1-7-4-9(16)2-3-17(7)12-10(13)5-8(15)6-11(12)14/h5-7,9H,2-4,16H2,1H3. The number of hydrogen-bond acceptors (Lipinski definition) is 2. The Labute approximate surface area is 114 Å². The van der Waals surface area contributed by atoms with E-state index in [2.05, 4.69) is 27.8 Å². The summed E-state index contributed by atoms with van der Waals surface area (Å²) in [6.45, 7) is 2.97. The minimum Gasteiger partial charge on any atom is -0.367 e. The second kappa shape index (κ2) is 5.12. The van der Waals surface area contributed by atoms with Crippen LogP contribution in [0.2, 0.25) is 5.02 Å². The molecule has 1 aromatic carbocycles. The van der Waals surface area contributed by atoms with Gasteiger partial charge in [0.2, 0.25) is 0 Å². The van der Waals surface area contributed by atoms with E-state index in [0.717, 1.165) is 25.1 Å². The van der Waals surface area contributed by atoms with Crippen molar-refractivity contribution in [2.24, 2.45) is 5.73 Å². The summed E-state index contributed by atoms with van der Waals surface area (Å²) in [4.78, 5) is 2.19. The van der Waals surface area contributed by atoms with Crippen molar-refractivity contribution in [3.8, 4) is 0 Å². The van der Waals surface area contributed by atoms with E-state index in [-0.39, 0.29) is 11.9 Å². The zero-order chi connectivity index (χ0) is 12.6. The zero-order valence-corrected chi connectivity index (χ0v) is 11.9. The van der Waals surface area contributed by atoms with Crippen LogP contribution < -0.4 is 10.6 Å². The van der Waals surface area contributed by atoms with Crippen molar-refractivity contribution in [3.05, 3.63) is 27.4 Å². The highest BCUT2D eigenvalue weighted by atomic mass is 79.9. The summed E-state index contributed by atoms with van der Waals surface area (Å²) >= 11 is 9.51. The normalized spacial score (nSPS) is 25.1. The van der Waals surface area contributed by atoms with Gasteiger partial charge in [0, 0.05) is 23.1 Å². The summed E-state index contributed by atoms with van der Waals surface area (Å²) in [7, 11) is 0. The van der Waals surface area contributed by atoms with Crippen LogP contribution in [0.4, 0.5) is 10.1 Å². The van der Waals surface area contributed by atoms with Gasteiger partial charge >= 0.3 is 0 Å². The number of rotatable bonds is 1. The topological polar surface area (TPSA) is 29.3 Å². The first-order valence-corrected chi connectivity index (χ1v) is 6.83. The smallest absolute Gasteiger partial charge is 0.125 e. The van der Waals surface area contributed by atoms with E-state index in [0.29, 0.717) is 15.5 Å². The zero-order valence-electron chi connectivity index (χ0n) is 9.59. The van der Waals surface area contributed by atoms with Crippen LogP contribution in [-0.4, -0.2) is 18.6 Å². The molecule has 0 bridgehead atoms. The SMILES string of the molecule is CC1CC(N)CCN1c1c(Cl)cc(F)cc1Br. The lowest BCUT2D eigenvalue weighted by atomic mass is 9.98. The molecule has 0 saturated carbocycles. The van der Waals surface area contributed by atoms with Crippen molar-refractivity contribution in [1.82, 2.24) is 0 Å². The van der Waals surface area contributed by atoms with Crippen molar-refractivity contribution < 1.29 is 4.39 Å². The summed E-state index contributed by atoms with van der Waals surface area (Å²) in [6, 6.07) is 3.36. The third-order valence-electron chi connectivity index (χ3n) is 3.19. The van der Waals surface area contributed by atoms with E-state index < -0.39 is 0 Å². The van der Waals surface area contributed by atoms with Crippen LogP contribution in [0.1, 0.15) is 19.8 Å². The number of piperidine rings is 1. The van der Waals surface area contributed by atoms with Gasteiger partial charge in [0.05, 0.1) is 10.7 Å². The molecular formula is C12H15BrClFN2. The van der Waals surface area contributed by atoms with Crippen molar-refractivity contribution >= 4 is 33.2 Å². The van der Waals surface area contributed by atoms with Crippen LogP contribution >= 0.6 is 27.5 Å². The predicted octanol–water partition coefficient (Wildman–Crippen LogP) is 3.56. The van der Waals surface area contributed by atoms with Crippen LogP contribution in [0.25, 0.3) is 0 Å². The molecule has 5 heteroatoms. The van der Waals surface area contributed by atoms with Crippen LogP contribution in [0.5, 0.6) is 0 Å². The largest absolute Gasteiger partial charge is 0.367 e. The van der Waals surface area contributed by atoms with Gasteiger partial charge in [-0.05, 0) is 47.8 Å². The van der Waals surface area contributed by atoms with Gasteiger partial charge in [-0.25, -0.2) is 4.39 Å². The molecule has 2 nitrogen and oxygen atoms in total. The van der Waals surface area contributed by atoms with Crippen LogP contribution in [0, 0.1) is 5.82 Å². The monoisotopic (exact) mass is 320 g/mol. The Morgan fingerprint density at radius 1 is 1.53 bits per heavy atom. The Hall–Kier alpha value is -0.320. The van der Waals surface area contributed by atoms with Gasteiger partial charge in [0.25, 0.3) is 0 Å². The molecule has 2 unspecified atom stereocenters. The molecule has 2 atom stereocenters. The maximum atomic E-state index is 13.2. The second-order valence-electron chi connectivity index (χ2n) is 4.54. The molecule has 0 spiro atoms. The number of nitrogens with zero attached hydrogens (tertiary/aromatic N) is 1. The van der Waals surface area contributed by atoms with E-state index in [4.69, 9.17) is 17.3 Å². The van der Waals surface area contributed by atoms with Gasteiger partial charge in [0.15, 0.2) is 0 Å². The lowest BCUT2D eigenvalue weighted by Crippen LogP contribution is -2.45. The molecule has 0 radical (unpaired) electrons. The molecule has 94 valence electrons. The fraction of sp³-hybridized carbons (Fsp3) is 0.500. The molecule has 1 heterocycles. The summed E-state index contributed by atoms with van der Waals surface area (Å²) in [5.74, 6) is -0.327. The molecule has 2 N–H and O–H groups in total. The Kier molecular flexibility index (Phi) is 3.95. The van der Waals surface area contributed by atoms with E-state index in [1.165, 1.54) is 12.1 Å². The first kappa shape index (κ1) is 13.1. The van der Waals surface area contributed by atoms with Gasteiger partial charge in [-0.15, -0.1) is 0 Å². The maximum Gasteiger partial charge on any atom is 0.125 e. The quantitative estimate of drug-likeness (QED) is 0.857. The number of halogens is 3. The van der Waals surface area contributed by atoms with Gasteiger partial charge in [-0.2, -0.15) is 0 Å². The van der Waals surface area contributed by atoms with Crippen LogP contribution in [-0.2, 0) is 0 Å². The molecular weight excluding hydrogens is 307 g/mol. The molecule has 0 aromatic heterocycles. The first-order chi connectivity index (χ1) is 7.99. The fourth-order valence-corrected chi connectivity index (χ4v) is 3.44.